The summed E-state index contributed by atoms with van der Waals surface area (Å²) in [6, 6.07) is 8.15. The summed E-state index contributed by atoms with van der Waals surface area (Å²) in [5, 5.41) is 0. The van der Waals surface area contributed by atoms with Crippen molar-refractivity contribution in [3.8, 4) is 5.75 Å². The zero-order valence-corrected chi connectivity index (χ0v) is 13.7. The summed E-state index contributed by atoms with van der Waals surface area (Å²) < 4.78 is 17.2. The van der Waals surface area contributed by atoms with Crippen LogP contribution in [0.5, 0.6) is 5.75 Å². The third-order valence-electron chi connectivity index (χ3n) is 3.55. The van der Waals surface area contributed by atoms with Gasteiger partial charge in [0.05, 0.1) is 0 Å². The van der Waals surface area contributed by atoms with Crippen molar-refractivity contribution in [3.05, 3.63) is 29.8 Å². The monoisotopic (exact) mass is 286 g/mol. The Hall–Kier alpha value is -0.630. The number of para-hydroxylation sites is 1. The van der Waals surface area contributed by atoms with Crippen molar-refractivity contribution in [1.29, 1.82) is 0 Å². The summed E-state index contributed by atoms with van der Waals surface area (Å²) in [5.41, 5.74) is 1.66. The first kappa shape index (κ1) is 16.4. The van der Waals surface area contributed by atoms with Crippen molar-refractivity contribution >= 4 is 7.72 Å². The molecule has 0 saturated carbocycles. The first-order valence-corrected chi connectivity index (χ1v) is 9.00. The summed E-state index contributed by atoms with van der Waals surface area (Å²) >= 11 is 0. The van der Waals surface area contributed by atoms with Gasteiger partial charge in [-0.3, -0.25) is 0 Å². The Morgan fingerprint density at radius 2 is 1.84 bits per heavy atom. The minimum absolute atomic E-state index is 0.437. The molecule has 0 aliphatic heterocycles. The average Bonchev–Trinajstić information content (AvgIpc) is 2.43. The van der Waals surface area contributed by atoms with E-state index in [0.29, 0.717) is 12.3 Å². The van der Waals surface area contributed by atoms with Crippen molar-refractivity contribution < 1.29 is 13.8 Å². The maximum absolute atomic E-state index is 6.01. The van der Waals surface area contributed by atoms with Crippen LogP contribution in [0.3, 0.4) is 0 Å². The van der Waals surface area contributed by atoms with Crippen LogP contribution in [0.4, 0.5) is 0 Å². The third kappa shape index (κ3) is 4.17. The molecular weight excluding hydrogens is 259 g/mol. The zero-order chi connectivity index (χ0) is 14.3. The molecule has 19 heavy (non-hydrogen) atoms. The summed E-state index contributed by atoms with van der Waals surface area (Å²) in [5.74, 6) is 0.946. The fourth-order valence-electron chi connectivity index (χ4n) is 2.39. The van der Waals surface area contributed by atoms with Gasteiger partial charge in [0.1, 0.15) is 0 Å². The summed E-state index contributed by atoms with van der Waals surface area (Å²) in [7, 11) is 1.37. The molecule has 4 heteroatoms. The number of ether oxygens (including phenoxy) is 1. The van der Waals surface area contributed by atoms with Crippen LogP contribution in [0.25, 0.3) is 0 Å². The van der Waals surface area contributed by atoms with Crippen LogP contribution in [-0.2, 0) is 15.5 Å². The van der Waals surface area contributed by atoms with E-state index in [9.17, 15) is 0 Å². The van der Waals surface area contributed by atoms with Gasteiger partial charge < -0.3 is 0 Å². The number of methoxy groups -OCH3 is 1. The summed E-state index contributed by atoms with van der Waals surface area (Å²) in [4.78, 5) is 0. The predicted octanol–water partition coefficient (Wildman–Crippen LogP) is 3.91. The first-order valence-electron chi connectivity index (χ1n) is 6.90. The summed E-state index contributed by atoms with van der Waals surface area (Å²) in [6.45, 7) is 7.12. The quantitative estimate of drug-likeness (QED) is 0.678. The van der Waals surface area contributed by atoms with Crippen LogP contribution in [0.2, 0.25) is 0 Å². The van der Waals surface area contributed by atoms with E-state index in [2.05, 4.69) is 19.9 Å². The molecule has 0 spiro atoms. The van der Waals surface area contributed by atoms with Gasteiger partial charge in [0, 0.05) is 0 Å². The molecule has 1 rings (SSSR count). The molecule has 110 valence electrons. The maximum atomic E-state index is 6.01. The number of aryl methyl sites for hydroxylation is 1. The number of rotatable bonds is 8. The average molecular weight is 286 g/mol. The van der Waals surface area contributed by atoms with Crippen molar-refractivity contribution in [2.45, 2.75) is 32.9 Å². The van der Waals surface area contributed by atoms with Gasteiger partial charge in [-0.2, -0.15) is 0 Å². The van der Waals surface area contributed by atoms with Crippen LogP contribution in [0.15, 0.2) is 24.3 Å². The molecule has 0 aromatic heterocycles. The number of hydrogen-bond acceptors (Lipinski definition) is 3. The Morgan fingerprint density at radius 3 is 2.37 bits per heavy atom. The van der Waals surface area contributed by atoms with Crippen LogP contribution in [0, 0.1) is 0 Å². The molecule has 0 aliphatic rings. The first-order chi connectivity index (χ1) is 9.09. The molecule has 0 amide bonds. The Bertz CT molecular complexity index is 381. The molecule has 0 heterocycles. The van der Waals surface area contributed by atoms with Gasteiger partial charge in [-0.25, -0.2) is 0 Å². The fourth-order valence-corrected chi connectivity index (χ4v) is 5.34. The minimum atomic E-state index is -2.12. The third-order valence-corrected chi connectivity index (χ3v) is 7.72. The second-order valence-electron chi connectivity index (χ2n) is 4.92. The van der Waals surface area contributed by atoms with E-state index in [1.54, 1.807) is 14.2 Å². The molecule has 1 aromatic carbocycles. The Balaban J connectivity index is 2.81. The molecule has 0 atom stereocenters. The van der Waals surface area contributed by atoms with Gasteiger partial charge in [0.2, 0.25) is 0 Å². The molecule has 3 nitrogen and oxygen atoms in total. The van der Waals surface area contributed by atoms with Gasteiger partial charge >= 0.3 is 117 Å². The topological polar surface area (TPSA) is 27.7 Å². The van der Waals surface area contributed by atoms with Crippen LogP contribution < -0.4 is 4.74 Å². The molecular formula is C15H27O3P. The van der Waals surface area contributed by atoms with Crippen LogP contribution in [0.1, 0.15) is 26.3 Å². The molecule has 0 saturated heterocycles. The van der Waals surface area contributed by atoms with Crippen molar-refractivity contribution in [2.24, 2.45) is 0 Å². The Kier molecular flexibility index (Phi) is 6.78. The second-order valence-corrected chi connectivity index (χ2v) is 8.89. The van der Waals surface area contributed by atoms with Gasteiger partial charge in [0.25, 0.3) is 0 Å². The Morgan fingerprint density at radius 1 is 1.16 bits per heavy atom. The second kappa shape index (κ2) is 7.84. The van der Waals surface area contributed by atoms with Crippen LogP contribution in [-0.4, -0.2) is 32.6 Å². The molecule has 0 aliphatic carbocycles. The Labute approximate surface area is 117 Å². The van der Waals surface area contributed by atoms with Gasteiger partial charge in [-0.05, 0) is 0 Å². The van der Waals surface area contributed by atoms with Crippen molar-refractivity contribution in [3.63, 3.8) is 0 Å². The van der Waals surface area contributed by atoms with E-state index in [-0.39, 0.29) is 0 Å². The number of benzene rings is 1. The van der Waals surface area contributed by atoms with Gasteiger partial charge in [0.15, 0.2) is 0 Å². The molecule has 0 N–H and O–H groups in total. The molecule has 0 unspecified atom stereocenters. The van der Waals surface area contributed by atoms with E-state index in [4.69, 9.17) is 13.8 Å². The molecule has 0 radical (unpaired) electrons. The molecule has 0 fully saturated rings. The molecule has 0 bridgehead atoms. The van der Waals surface area contributed by atoms with Gasteiger partial charge in [-0.1, -0.05) is 0 Å². The predicted molar refractivity (Wildman–Crippen MR) is 83.7 cm³/mol. The van der Waals surface area contributed by atoms with E-state index in [0.717, 1.165) is 18.3 Å². The SMILES string of the molecule is CCO[PH](CCc1ccccc1OC)(OC)C(C)C. The van der Waals surface area contributed by atoms with Gasteiger partial charge in [-0.15, -0.1) is 0 Å². The van der Waals surface area contributed by atoms with Crippen molar-refractivity contribution in [1.82, 2.24) is 0 Å². The van der Waals surface area contributed by atoms with E-state index >= 15 is 0 Å². The summed E-state index contributed by atoms with van der Waals surface area (Å²) in [6.07, 6.45) is 1.89. The standard InChI is InChI=1S/C15H27O3P/c1-6-18-19(17-5,13(2)3)12-11-14-9-7-8-10-15(14)16-4/h7-10,13,19H,6,11-12H2,1-5H3. The van der Waals surface area contributed by atoms with E-state index in [1.165, 1.54) is 5.56 Å². The van der Waals surface area contributed by atoms with Crippen molar-refractivity contribution in [2.75, 3.05) is 27.0 Å². The normalized spacial score (nSPS) is 12.7. The number of hydrogen-bond donors (Lipinski definition) is 0. The molecule has 1 aromatic rings. The fraction of sp³-hybridized carbons (Fsp3) is 0.600. The van der Waals surface area contributed by atoms with E-state index in [1.807, 2.05) is 25.1 Å². The van der Waals surface area contributed by atoms with E-state index < -0.39 is 7.72 Å². The zero-order valence-electron chi connectivity index (χ0n) is 12.7. The van der Waals surface area contributed by atoms with Crippen LogP contribution >= 0.6 is 7.72 Å².